The molecule has 2 fully saturated rings. The van der Waals surface area contributed by atoms with Gasteiger partial charge in [-0.15, -0.1) is 0 Å². The fourth-order valence-electron chi connectivity index (χ4n) is 3.94. The van der Waals surface area contributed by atoms with Crippen molar-refractivity contribution in [1.29, 1.82) is 0 Å². The lowest BCUT2D eigenvalue weighted by Crippen LogP contribution is -2.47. The van der Waals surface area contributed by atoms with Crippen LogP contribution >= 0.6 is 0 Å². The summed E-state index contributed by atoms with van der Waals surface area (Å²) in [6.45, 7) is 2.64. The zero-order valence-corrected chi connectivity index (χ0v) is 12.2. The molecule has 0 unspecified atom stereocenters. The molecule has 1 heterocycles. The number of nitrogens with zero attached hydrogens (tertiary/aromatic N) is 1. The highest BCUT2D eigenvalue weighted by Gasteiger charge is 2.34. The minimum atomic E-state index is -0.609. The fourth-order valence-corrected chi connectivity index (χ4v) is 3.94. The molecule has 1 aromatic rings. The number of halogens is 1. The van der Waals surface area contributed by atoms with Crippen LogP contribution in [0.25, 0.3) is 0 Å². The smallest absolute Gasteiger partial charge is 0.146 e. The lowest BCUT2D eigenvalue weighted by atomic mass is 9.78. The first-order valence-corrected chi connectivity index (χ1v) is 7.91. The van der Waals surface area contributed by atoms with Crippen molar-refractivity contribution in [3.05, 3.63) is 29.6 Å². The Hall–Kier alpha value is -1.09. The van der Waals surface area contributed by atoms with Gasteiger partial charge in [0.15, 0.2) is 0 Å². The molecule has 20 heavy (non-hydrogen) atoms. The van der Waals surface area contributed by atoms with Crippen LogP contribution in [0.3, 0.4) is 0 Å². The fraction of sp³-hybridized carbons (Fsp3) is 0.647. The molecule has 0 spiro atoms. The van der Waals surface area contributed by atoms with Crippen LogP contribution in [0, 0.1) is 11.7 Å². The van der Waals surface area contributed by atoms with Gasteiger partial charge in [-0.1, -0.05) is 18.9 Å². The maximum atomic E-state index is 14.4. The van der Waals surface area contributed by atoms with E-state index >= 15 is 0 Å². The molecule has 0 aromatic heterocycles. The molecule has 110 valence electrons. The summed E-state index contributed by atoms with van der Waals surface area (Å²) >= 11 is 0. The number of rotatable bonds is 2. The van der Waals surface area contributed by atoms with E-state index in [1.54, 1.807) is 6.92 Å². The second-order valence-electron chi connectivity index (χ2n) is 6.33. The maximum absolute atomic E-state index is 14.4. The van der Waals surface area contributed by atoms with Gasteiger partial charge in [0.25, 0.3) is 0 Å². The molecule has 0 amide bonds. The summed E-state index contributed by atoms with van der Waals surface area (Å²) in [4.78, 5) is 2.29. The molecule has 3 rings (SSSR count). The van der Waals surface area contributed by atoms with Gasteiger partial charge < -0.3 is 10.0 Å². The lowest BCUT2D eigenvalue weighted by Gasteiger charge is -2.45. The molecule has 0 radical (unpaired) electrons. The third-order valence-corrected chi connectivity index (χ3v) is 5.01. The van der Waals surface area contributed by atoms with Crippen molar-refractivity contribution in [2.24, 2.45) is 5.92 Å². The highest BCUT2D eigenvalue weighted by molar-refractivity contribution is 5.51. The van der Waals surface area contributed by atoms with E-state index in [9.17, 15) is 9.50 Å². The molecule has 1 saturated carbocycles. The molecule has 1 aliphatic heterocycles. The number of anilines is 1. The molecular weight excluding hydrogens is 253 g/mol. The third-order valence-electron chi connectivity index (χ3n) is 5.01. The van der Waals surface area contributed by atoms with Crippen LogP contribution < -0.4 is 4.90 Å². The Bertz CT molecular complexity index is 472. The van der Waals surface area contributed by atoms with E-state index in [-0.39, 0.29) is 5.82 Å². The Labute approximate surface area is 120 Å². The summed E-state index contributed by atoms with van der Waals surface area (Å²) in [5.74, 6) is 0.558. The van der Waals surface area contributed by atoms with Gasteiger partial charge in [-0.05, 0) is 56.2 Å². The summed E-state index contributed by atoms with van der Waals surface area (Å²) in [6.07, 6.45) is 6.95. The number of aliphatic hydroxyl groups is 1. The Morgan fingerprint density at radius 1 is 1.20 bits per heavy atom. The topological polar surface area (TPSA) is 23.5 Å². The average Bonchev–Trinajstić information content (AvgIpc) is 2.46. The van der Waals surface area contributed by atoms with Gasteiger partial charge >= 0.3 is 0 Å². The SMILES string of the molecule is C[C@H](O)c1ccc(N2CCC[C@H]3CCCC[C@H]32)c(F)c1. The van der Waals surface area contributed by atoms with E-state index in [4.69, 9.17) is 0 Å². The number of aliphatic hydroxyl groups excluding tert-OH is 1. The quantitative estimate of drug-likeness (QED) is 0.882. The third kappa shape index (κ3) is 2.56. The van der Waals surface area contributed by atoms with Crippen molar-refractivity contribution in [2.75, 3.05) is 11.4 Å². The van der Waals surface area contributed by atoms with Crippen LogP contribution in [0.2, 0.25) is 0 Å². The summed E-state index contributed by atoms with van der Waals surface area (Å²) < 4.78 is 14.4. The van der Waals surface area contributed by atoms with Crippen molar-refractivity contribution in [3.8, 4) is 0 Å². The van der Waals surface area contributed by atoms with Crippen molar-refractivity contribution >= 4 is 5.69 Å². The largest absolute Gasteiger partial charge is 0.389 e. The number of fused-ring (bicyclic) bond motifs is 1. The molecular formula is C17H24FNO. The van der Waals surface area contributed by atoms with Gasteiger partial charge in [-0.3, -0.25) is 0 Å². The lowest BCUT2D eigenvalue weighted by molar-refractivity contribution is 0.198. The van der Waals surface area contributed by atoms with Crippen molar-refractivity contribution in [1.82, 2.24) is 0 Å². The van der Waals surface area contributed by atoms with E-state index < -0.39 is 6.10 Å². The van der Waals surface area contributed by atoms with E-state index in [1.807, 2.05) is 12.1 Å². The van der Waals surface area contributed by atoms with Gasteiger partial charge in [-0.25, -0.2) is 4.39 Å². The van der Waals surface area contributed by atoms with Gasteiger partial charge in [0.2, 0.25) is 0 Å². The molecule has 2 aliphatic rings. The number of piperidine rings is 1. The first-order valence-electron chi connectivity index (χ1n) is 7.91. The van der Waals surface area contributed by atoms with Crippen LogP contribution in [0.1, 0.15) is 57.1 Å². The molecule has 0 bridgehead atoms. The number of benzene rings is 1. The monoisotopic (exact) mass is 277 g/mol. The summed E-state index contributed by atoms with van der Waals surface area (Å²) in [6, 6.07) is 5.72. The van der Waals surface area contributed by atoms with Gasteiger partial charge in [0, 0.05) is 12.6 Å². The molecule has 1 aromatic carbocycles. The van der Waals surface area contributed by atoms with E-state index in [0.717, 1.165) is 18.2 Å². The van der Waals surface area contributed by atoms with Crippen molar-refractivity contribution in [2.45, 2.75) is 57.6 Å². The molecule has 3 heteroatoms. The number of hydrogen-bond donors (Lipinski definition) is 1. The standard InChI is InChI=1S/C17H24FNO/c1-12(20)14-8-9-17(15(18)11-14)19-10-4-6-13-5-2-3-7-16(13)19/h8-9,11-13,16,20H,2-7,10H2,1H3/t12-,13+,16+/m0/s1. The zero-order chi connectivity index (χ0) is 14.1. The van der Waals surface area contributed by atoms with Crippen LogP contribution in [-0.4, -0.2) is 17.7 Å². The van der Waals surface area contributed by atoms with E-state index in [2.05, 4.69) is 4.90 Å². The number of hydrogen-bond acceptors (Lipinski definition) is 2. The minimum Gasteiger partial charge on any atom is -0.389 e. The summed E-state index contributed by atoms with van der Waals surface area (Å²) in [5, 5.41) is 9.56. The first-order chi connectivity index (χ1) is 9.66. The second kappa shape index (κ2) is 5.72. The second-order valence-corrected chi connectivity index (χ2v) is 6.33. The summed E-state index contributed by atoms with van der Waals surface area (Å²) in [7, 11) is 0. The Morgan fingerprint density at radius 2 is 1.95 bits per heavy atom. The average molecular weight is 277 g/mol. The predicted octanol–water partition coefficient (Wildman–Crippen LogP) is 4.04. The minimum absolute atomic E-state index is 0.186. The van der Waals surface area contributed by atoms with E-state index in [0.29, 0.717) is 11.6 Å². The van der Waals surface area contributed by atoms with Crippen LogP contribution in [0.5, 0.6) is 0 Å². The molecule has 2 nitrogen and oxygen atoms in total. The van der Waals surface area contributed by atoms with Crippen molar-refractivity contribution in [3.63, 3.8) is 0 Å². The molecule has 1 saturated heterocycles. The van der Waals surface area contributed by atoms with Crippen LogP contribution in [0.15, 0.2) is 18.2 Å². The Morgan fingerprint density at radius 3 is 2.70 bits per heavy atom. The van der Waals surface area contributed by atoms with Crippen LogP contribution in [-0.2, 0) is 0 Å². The zero-order valence-electron chi connectivity index (χ0n) is 12.2. The highest BCUT2D eigenvalue weighted by atomic mass is 19.1. The van der Waals surface area contributed by atoms with Crippen LogP contribution in [0.4, 0.5) is 10.1 Å². The first kappa shape index (κ1) is 13.9. The maximum Gasteiger partial charge on any atom is 0.146 e. The molecule has 3 atom stereocenters. The van der Waals surface area contributed by atoms with Gasteiger partial charge in [0.1, 0.15) is 5.82 Å². The van der Waals surface area contributed by atoms with Gasteiger partial charge in [0.05, 0.1) is 11.8 Å². The molecule has 1 aliphatic carbocycles. The van der Waals surface area contributed by atoms with E-state index in [1.165, 1.54) is 44.6 Å². The normalized spacial score (nSPS) is 28.1. The highest BCUT2D eigenvalue weighted by Crippen LogP contribution is 2.38. The Kier molecular flexibility index (Phi) is 3.97. The predicted molar refractivity (Wildman–Crippen MR) is 79.4 cm³/mol. The molecule has 1 N–H and O–H groups in total. The van der Waals surface area contributed by atoms with Crippen molar-refractivity contribution < 1.29 is 9.50 Å². The Balaban J connectivity index is 1.87. The van der Waals surface area contributed by atoms with Gasteiger partial charge in [-0.2, -0.15) is 0 Å². The summed E-state index contributed by atoms with van der Waals surface area (Å²) in [5.41, 5.74) is 1.38.